The van der Waals surface area contributed by atoms with E-state index in [1.54, 1.807) is 0 Å². The van der Waals surface area contributed by atoms with Crippen molar-refractivity contribution in [3.63, 3.8) is 0 Å². The number of nitrogens with one attached hydrogen (secondary N) is 1. The molecule has 2 aromatic carbocycles. The first kappa shape index (κ1) is 14.0. The molecule has 0 fully saturated rings. The second-order valence-corrected chi connectivity index (χ2v) is 5.15. The van der Waals surface area contributed by atoms with Crippen LogP contribution >= 0.6 is 0 Å². The summed E-state index contributed by atoms with van der Waals surface area (Å²) in [5.74, 6) is -0.511. The number of fused-ring (bicyclic) bond motifs is 1. The first-order valence-electron chi connectivity index (χ1n) is 7.19. The number of nitriles is 1. The van der Waals surface area contributed by atoms with Crippen LogP contribution < -0.4 is 0 Å². The summed E-state index contributed by atoms with van der Waals surface area (Å²) in [4.78, 5) is 19.8. The molecule has 1 heterocycles. The molecule has 3 rings (SSSR count). The molecule has 1 N–H and O–H groups in total. The average Bonchev–Trinajstić information content (AvgIpc) is 2.98. The maximum atomic E-state index is 12.3. The number of benzene rings is 2. The number of aromatic nitrogens is 2. The highest BCUT2D eigenvalue weighted by Gasteiger charge is 2.23. The summed E-state index contributed by atoms with van der Waals surface area (Å²) in [6.07, 6.45) is 0.970. The number of aromatic amines is 1. The molecule has 22 heavy (non-hydrogen) atoms. The van der Waals surface area contributed by atoms with Gasteiger partial charge in [0.2, 0.25) is 0 Å². The number of Topliss-reactive ketones (excluding diaryl/α,β-unsaturated/α-hetero) is 1. The Balaban J connectivity index is 1.76. The van der Waals surface area contributed by atoms with Gasteiger partial charge in [0.15, 0.2) is 11.7 Å². The molecule has 0 aliphatic carbocycles. The maximum Gasteiger partial charge on any atom is 0.162 e. The quantitative estimate of drug-likeness (QED) is 0.783. The molecular weight excluding hydrogens is 274 g/mol. The fourth-order valence-electron chi connectivity index (χ4n) is 2.45. The minimum Gasteiger partial charge on any atom is -0.340 e. The highest BCUT2D eigenvalue weighted by atomic mass is 16.1. The van der Waals surface area contributed by atoms with Crippen LogP contribution in [0.1, 0.15) is 23.7 Å². The Morgan fingerprint density at radius 1 is 1.14 bits per heavy atom. The number of carbonyl (C=O) groups excluding carboxylic acids is 1. The highest BCUT2D eigenvalue weighted by Crippen LogP contribution is 2.20. The smallest absolute Gasteiger partial charge is 0.162 e. The molecule has 1 aromatic heterocycles. The summed E-state index contributed by atoms with van der Waals surface area (Å²) in [5, 5.41) is 9.34. The molecule has 0 bridgehead atoms. The van der Waals surface area contributed by atoms with Gasteiger partial charge in [-0.3, -0.25) is 4.79 Å². The highest BCUT2D eigenvalue weighted by molar-refractivity contribution is 5.88. The van der Waals surface area contributed by atoms with Crippen LogP contribution in [0.2, 0.25) is 0 Å². The molecule has 4 nitrogen and oxygen atoms in total. The zero-order chi connectivity index (χ0) is 15.4. The molecule has 4 heteroatoms. The van der Waals surface area contributed by atoms with Gasteiger partial charge in [0.1, 0.15) is 5.82 Å². The van der Waals surface area contributed by atoms with Gasteiger partial charge in [0.05, 0.1) is 17.1 Å². The number of hydrogen-bond donors (Lipinski definition) is 1. The molecule has 3 aromatic rings. The summed E-state index contributed by atoms with van der Waals surface area (Å²) >= 11 is 0. The number of para-hydroxylation sites is 2. The Hall–Kier alpha value is -2.93. The van der Waals surface area contributed by atoms with E-state index in [4.69, 9.17) is 0 Å². The van der Waals surface area contributed by atoms with E-state index in [0.29, 0.717) is 18.7 Å². The Morgan fingerprint density at radius 2 is 1.86 bits per heavy atom. The van der Waals surface area contributed by atoms with Gasteiger partial charge in [-0.05, 0) is 24.1 Å². The third-order valence-electron chi connectivity index (χ3n) is 3.64. The standard InChI is InChI=1S/C18H15N3O/c19-12-14(17(22)11-10-13-6-2-1-3-7-13)18-20-15-8-4-5-9-16(15)21-18/h1-9,14H,10-11H2,(H,20,21). The lowest BCUT2D eigenvalue weighted by atomic mass is 9.98. The SMILES string of the molecule is N#CC(C(=O)CCc1ccccc1)c1nc2ccccc2[nH]1. The maximum absolute atomic E-state index is 12.3. The lowest BCUT2D eigenvalue weighted by molar-refractivity contribution is -0.119. The van der Waals surface area contributed by atoms with Gasteiger partial charge in [0, 0.05) is 6.42 Å². The van der Waals surface area contributed by atoms with E-state index in [1.165, 1.54) is 0 Å². The molecule has 0 amide bonds. The third kappa shape index (κ3) is 2.89. The molecule has 108 valence electrons. The minimum atomic E-state index is -0.837. The number of carbonyl (C=O) groups is 1. The molecular formula is C18H15N3O. The number of ketones is 1. The van der Waals surface area contributed by atoms with Crippen molar-refractivity contribution in [2.45, 2.75) is 18.8 Å². The number of H-pyrrole nitrogens is 1. The summed E-state index contributed by atoms with van der Waals surface area (Å²) in [5.41, 5.74) is 2.71. The van der Waals surface area contributed by atoms with E-state index in [1.807, 2.05) is 54.6 Å². The molecule has 1 atom stereocenters. The van der Waals surface area contributed by atoms with Gasteiger partial charge in [-0.1, -0.05) is 42.5 Å². The van der Waals surface area contributed by atoms with E-state index >= 15 is 0 Å². The average molecular weight is 289 g/mol. The molecule has 0 saturated heterocycles. The van der Waals surface area contributed by atoms with E-state index in [2.05, 4.69) is 16.0 Å². The first-order valence-corrected chi connectivity index (χ1v) is 7.19. The van der Waals surface area contributed by atoms with E-state index in [-0.39, 0.29) is 5.78 Å². The fraction of sp³-hybridized carbons (Fsp3) is 0.167. The predicted octanol–water partition coefficient (Wildman–Crippen LogP) is 3.37. The number of hydrogen-bond acceptors (Lipinski definition) is 3. The number of aryl methyl sites for hydroxylation is 1. The van der Waals surface area contributed by atoms with E-state index < -0.39 is 5.92 Å². The van der Waals surface area contributed by atoms with Crippen molar-refractivity contribution in [2.24, 2.45) is 0 Å². The predicted molar refractivity (Wildman–Crippen MR) is 84.2 cm³/mol. The summed E-state index contributed by atoms with van der Waals surface area (Å²) in [7, 11) is 0. The topological polar surface area (TPSA) is 69.5 Å². The Kier molecular flexibility index (Phi) is 3.97. The molecule has 0 radical (unpaired) electrons. The number of nitrogens with zero attached hydrogens (tertiary/aromatic N) is 2. The van der Waals surface area contributed by atoms with Gasteiger partial charge < -0.3 is 4.98 Å². The van der Waals surface area contributed by atoms with Crippen molar-refractivity contribution in [1.82, 2.24) is 9.97 Å². The van der Waals surface area contributed by atoms with Crippen LogP contribution in [0.25, 0.3) is 11.0 Å². The lowest BCUT2D eigenvalue weighted by Crippen LogP contribution is -2.13. The van der Waals surface area contributed by atoms with Gasteiger partial charge in [-0.15, -0.1) is 0 Å². The minimum absolute atomic E-state index is 0.106. The summed E-state index contributed by atoms with van der Waals surface area (Å²) < 4.78 is 0. The fourth-order valence-corrected chi connectivity index (χ4v) is 2.45. The van der Waals surface area contributed by atoms with Crippen LogP contribution in [0.3, 0.4) is 0 Å². The first-order chi connectivity index (χ1) is 10.8. The number of rotatable bonds is 5. The van der Waals surface area contributed by atoms with Crippen molar-refractivity contribution >= 4 is 16.8 Å². The van der Waals surface area contributed by atoms with Crippen LogP contribution in [0.5, 0.6) is 0 Å². The van der Waals surface area contributed by atoms with Crippen molar-refractivity contribution in [3.05, 3.63) is 66.0 Å². The Bertz CT molecular complexity index is 797. The summed E-state index contributed by atoms with van der Waals surface area (Å²) in [6.45, 7) is 0. The van der Waals surface area contributed by atoms with Crippen LogP contribution in [-0.4, -0.2) is 15.8 Å². The molecule has 0 aliphatic rings. The zero-order valence-corrected chi connectivity index (χ0v) is 12.0. The third-order valence-corrected chi connectivity index (χ3v) is 3.64. The Labute approximate surface area is 128 Å². The second-order valence-electron chi connectivity index (χ2n) is 5.15. The number of imidazole rings is 1. The monoisotopic (exact) mass is 289 g/mol. The van der Waals surface area contributed by atoms with Crippen LogP contribution in [-0.2, 0) is 11.2 Å². The van der Waals surface area contributed by atoms with Gasteiger partial charge in [-0.25, -0.2) is 4.98 Å². The summed E-state index contributed by atoms with van der Waals surface area (Å²) in [6, 6.07) is 19.4. The normalized spacial score (nSPS) is 12.0. The lowest BCUT2D eigenvalue weighted by Gasteiger charge is -2.05. The second kappa shape index (κ2) is 6.23. The molecule has 0 spiro atoms. The van der Waals surface area contributed by atoms with E-state index in [0.717, 1.165) is 16.6 Å². The van der Waals surface area contributed by atoms with Crippen molar-refractivity contribution in [2.75, 3.05) is 0 Å². The van der Waals surface area contributed by atoms with Crippen molar-refractivity contribution in [3.8, 4) is 6.07 Å². The molecule has 1 unspecified atom stereocenters. The van der Waals surface area contributed by atoms with Gasteiger partial charge in [-0.2, -0.15) is 5.26 Å². The van der Waals surface area contributed by atoms with Crippen LogP contribution in [0, 0.1) is 11.3 Å². The van der Waals surface area contributed by atoms with E-state index in [9.17, 15) is 10.1 Å². The Morgan fingerprint density at radius 3 is 2.59 bits per heavy atom. The van der Waals surface area contributed by atoms with Gasteiger partial charge >= 0.3 is 0 Å². The zero-order valence-electron chi connectivity index (χ0n) is 12.0. The van der Waals surface area contributed by atoms with Crippen LogP contribution in [0.15, 0.2) is 54.6 Å². The molecule has 0 saturated carbocycles. The van der Waals surface area contributed by atoms with Gasteiger partial charge in [0.25, 0.3) is 0 Å². The molecule has 0 aliphatic heterocycles. The van der Waals surface area contributed by atoms with Crippen molar-refractivity contribution < 1.29 is 4.79 Å². The van der Waals surface area contributed by atoms with Crippen molar-refractivity contribution in [1.29, 1.82) is 5.26 Å². The largest absolute Gasteiger partial charge is 0.340 e. The van der Waals surface area contributed by atoms with Crippen LogP contribution in [0.4, 0.5) is 0 Å².